The Balaban J connectivity index is 2.59. The number of halogens is 1. The van der Waals surface area contributed by atoms with Gasteiger partial charge in [-0.05, 0) is 18.1 Å². The van der Waals surface area contributed by atoms with E-state index in [-0.39, 0.29) is 12.4 Å². The van der Waals surface area contributed by atoms with Crippen LogP contribution in [0.4, 0.5) is 0 Å². The largest absolute Gasteiger partial charge is 0.469 e. The maximum atomic E-state index is 11.0. The predicted octanol–water partition coefficient (Wildman–Crippen LogP) is 3.00. The summed E-state index contributed by atoms with van der Waals surface area (Å²) in [5.74, 6) is -0.271. The number of carbonyl (C=O) groups excluding carboxylic acids is 1. The second-order valence-corrected chi connectivity index (χ2v) is 3.68. The first-order chi connectivity index (χ1) is 7.13. The molecule has 2 nitrogen and oxygen atoms in total. The first-order valence-corrected chi connectivity index (χ1v) is 4.98. The highest BCUT2D eigenvalue weighted by molar-refractivity contribution is 6.31. The van der Waals surface area contributed by atoms with Crippen LogP contribution in [0.15, 0.2) is 36.4 Å². The van der Waals surface area contributed by atoms with E-state index in [2.05, 4.69) is 11.3 Å². The van der Waals surface area contributed by atoms with Gasteiger partial charge in [0, 0.05) is 5.02 Å². The van der Waals surface area contributed by atoms with E-state index in [4.69, 9.17) is 11.6 Å². The van der Waals surface area contributed by atoms with Crippen LogP contribution in [0.5, 0.6) is 0 Å². The van der Waals surface area contributed by atoms with Crippen LogP contribution in [0.1, 0.15) is 12.0 Å². The standard InChI is InChI=1S/C12H13ClO2/c1-9(8-12(14)15-2)7-10-5-3-4-6-11(10)13/h3-6H,1,7-8H2,2H3. The maximum absolute atomic E-state index is 11.0. The third-order valence-corrected chi connectivity index (χ3v) is 2.39. The fourth-order valence-corrected chi connectivity index (χ4v) is 1.45. The molecule has 0 atom stereocenters. The molecule has 1 aromatic carbocycles. The van der Waals surface area contributed by atoms with Crippen LogP contribution in [0, 0.1) is 0 Å². The summed E-state index contributed by atoms with van der Waals surface area (Å²) in [6, 6.07) is 7.52. The van der Waals surface area contributed by atoms with Gasteiger partial charge in [-0.25, -0.2) is 0 Å². The topological polar surface area (TPSA) is 26.3 Å². The number of hydrogen-bond donors (Lipinski definition) is 0. The van der Waals surface area contributed by atoms with Gasteiger partial charge < -0.3 is 4.74 Å². The molecule has 0 bridgehead atoms. The Hall–Kier alpha value is -1.28. The van der Waals surface area contributed by atoms with Crippen molar-refractivity contribution in [1.82, 2.24) is 0 Å². The molecule has 0 aliphatic rings. The Morgan fingerprint density at radius 3 is 2.73 bits per heavy atom. The number of carbonyl (C=O) groups is 1. The van der Waals surface area contributed by atoms with Gasteiger partial charge in [0.25, 0.3) is 0 Å². The van der Waals surface area contributed by atoms with Gasteiger partial charge in [0.2, 0.25) is 0 Å². The van der Waals surface area contributed by atoms with Crippen LogP contribution >= 0.6 is 11.6 Å². The normalized spacial score (nSPS) is 9.73. The number of hydrogen-bond acceptors (Lipinski definition) is 2. The molecule has 0 N–H and O–H groups in total. The van der Waals surface area contributed by atoms with Crippen molar-refractivity contribution in [2.45, 2.75) is 12.8 Å². The van der Waals surface area contributed by atoms with E-state index in [0.717, 1.165) is 11.1 Å². The zero-order valence-corrected chi connectivity index (χ0v) is 9.38. The SMILES string of the molecule is C=C(CC(=O)OC)Cc1ccccc1Cl. The molecule has 0 aromatic heterocycles. The van der Waals surface area contributed by atoms with E-state index in [1.165, 1.54) is 7.11 Å². The molecular formula is C12H13ClO2. The lowest BCUT2D eigenvalue weighted by Gasteiger charge is -2.06. The average Bonchev–Trinajstić information content (AvgIpc) is 2.21. The summed E-state index contributed by atoms with van der Waals surface area (Å²) >= 11 is 5.98. The Bertz CT molecular complexity index is 372. The van der Waals surface area contributed by atoms with Crippen molar-refractivity contribution in [3.05, 3.63) is 47.0 Å². The van der Waals surface area contributed by atoms with Crippen LogP contribution in [0.3, 0.4) is 0 Å². The van der Waals surface area contributed by atoms with Gasteiger partial charge in [0.1, 0.15) is 0 Å². The highest BCUT2D eigenvalue weighted by Gasteiger charge is 2.06. The number of ether oxygens (including phenoxy) is 1. The van der Waals surface area contributed by atoms with Crippen molar-refractivity contribution < 1.29 is 9.53 Å². The first-order valence-electron chi connectivity index (χ1n) is 4.60. The van der Waals surface area contributed by atoms with E-state index in [9.17, 15) is 4.79 Å². The number of esters is 1. The second kappa shape index (κ2) is 5.56. The third kappa shape index (κ3) is 3.76. The van der Waals surface area contributed by atoms with E-state index >= 15 is 0 Å². The van der Waals surface area contributed by atoms with Gasteiger partial charge >= 0.3 is 5.97 Å². The smallest absolute Gasteiger partial charge is 0.309 e. The van der Waals surface area contributed by atoms with Gasteiger partial charge in [-0.2, -0.15) is 0 Å². The van der Waals surface area contributed by atoms with Crippen molar-refractivity contribution in [2.24, 2.45) is 0 Å². The minimum absolute atomic E-state index is 0.238. The van der Waals surface area contributed by atoms with Gasteiger partial charge in [-0.15, -0.1) is 0 Å². The molecule has 0 radical (unpaired) electrons. The summed E-state index contributed by atoms with van der Waals surface area (Å²) in [4.78, 5) is 11.0. The first kappa shape index (κ1) is 11.8. The second-order valence-electron chi connectivity index (χ2n) is 3.27. The molecule has 80 valence electrons. The van der Waals surface area contributed by atoms with Crippen LogP contribution < -0.4 is 0 Å². The molecular weight excluding hydrogens is 212 g/mol. The zero-order valence-electron chi connectivity index (χ0n) is 8.63. The van der Waals surface area contributed by atoms with Gasteiger partial charge in [0.15, 0.2) is 0 Å². The Morgan fingerprint density at radius 1 is 1.47 bits per heavy atom. The summed E-state index contributed by atoms with van der Waals surface area (Å²) < 4.78 is 4.56. The molecule has 0 amide bonds. The van der Waals surface area contributed by atoms with E-state index < -0.39 is 0 Å². The highest BCUT2D eigenvalue weighted by Crippen LogP contribution is 2.19. The van der Waals surface area contributed by atoms with Crippen molar-refractivity contribution in [1.29, 1.82) is 0 Å². The van der Waals surface area contributed by atoms with Gasteiger partial charge in [-0.3, -0.25) is 4.79 Å². The number of methoxy groups -OCH3 is 1. The molecule has 3 heteroatoms. The summed E-state index contributed by atoms with van der Waals surface area (Å²) in [5, 5.41) is 0.698. The third-order valence-electron chi connectivity index (χ3n) is 2.02. The molecule has 0 fully saturated rings. The number of rotatable bonds is 4. The lowest BCUT2D eigenvalue weighted by molar-refractivity contribution is -0.139. The molecule has 0 aliphatic heterocycles. The minimum atomic E-state index is -0.271. The fourth-order valence-electron chi connectivity index (χ4n) is 1.25. The van der Waals surface area contributed by atoms with Gasteiger partial charge in [0.05, 0.1) is 13.5 Å². The van der Waals surface area contributed by atoms with E-state index in [0.29, 0.717) is 11.4 Å². The van der Waals surface area contributed by atoms with Crippen LogP contribution in [-0.2, 0) is 16.0 Å². The molecule has 0 saturated carbocycles. The monoisotopic (exact) mass is 224 g/mol. The molecule has 1 aromatic rings. The Labute approximate surface area is 94.5 Å². The van der Waals surface area contributed by atoms with Crippen molar-refractivity contribution in [3.8, 4) is 0 Å². The molecule has 0 aliphatic carbocycles. The Morgan fingerprint density at radius 2 is 2.13 bits per heavy atom. The fraction of sp³-hybridized carbons (Fsp3) is 0.250. The highest BCUT2D eigenvalue weighted by atomic mass is 35.5. The summed E-state index contributed by atoms with van der Waals surface area (Å²) in [6.45, 7) is 3.82. The van der Waals surface area contributed by atoms with Crippen LogP contribution in [0.2, 0.25) is 5.02 Å². The maximum Gasteiger partial charge on any atom is 0.309 e. The van der Waals surface area contributed by atoms with E-state index in [1.54, 1.807) is 0 Å². The van der Waals surface area contributed by atoms with E-state index in [1.807, 2.05) is 24.3 Å². The Kier molecular flexibility index (Phi) is 4.37. The molecule has 1 rings (SSSR count). The summed E-state index contributed by atoms with van der Waals surface area (Å²) in [6.07, 6.45) is 0.844. The van der Waals surface area contributed by atoms with Crippen LogP contribution in [-0.4, -0.2) is 13.1 Å². The minimum Gasteiger partial charge on any atom is -0.469 e. The van der Waals surface area contributed by atoms with Crippen molar-refractivity contribution >= 4 is 17.6 Å². The quantitative estimate of drug-likeness (QED) is 0.581. The molecule has 0 heterocycles. The lowest BCUT2D eigenvalue weighted by atomic mass is 10.0. The molecule has 0 unspecified atom stereocenters. The van der Waals surface area contributed by atoms with Crippen LogP contribution in [0.25, 0.3) is 0 Å². The molecule has 0 spiro atoms. The van der Waals surface area contributed by atoms with Crippen molar-refractivity contribution in [3.63, 3.8) is 0 Å². The average molecular weight is 225 g/mol. The van der Waals surface area contributed by atoms with Crippen molar-refractivity contribution in [2.75, 3.05) is 7.11 Å². The number of benzene rings is 1. The molecule has 0 saturated heterocycles. The zero-order chi connectivity index (χ0) is 11.3. The summed E-state index contributed by atoms with van der Waals surface area (Å²) in [5.41, 5.74) is 1.78. The lowest BCUT2D eigenvalue weighted by Crippen LogP contribution is -2.03. The van der Waals surface area contributed by atoms with Gasteiger partial charge in [-0.1, -0.05) is 42.0 Å². The molecule has 15 heavy (non-hydrogen) atoms. The summed E-state index contributed by atoms with van der Waals surface area (Å²) in [7, 11) is 1.37. The predicted molar refractivity (Wildman–Crippen MR) is 60.9 cm³/mol.